The molecule has 1 saturated carbocycles. The molecule has 0 saturated heterocycles. The van der Waals surface area contributed by atoms with Gasteiger partial charge in [0.25, 0.3) is 0 Å². The van der Waals surface area contributed by atoms with E-state index in [9.17, 15) is 0 Å². The third-order valence-electron chi connectivity index (χ3n) is 2.25. The van der Waals surface area contributed by atoms with Crippen molar-refractivity contribution < 1.29 is 0 Å². The van der Waals surface area contributed by atoms with E-state index in [2.05, 4.69) is 9.97 Å². The molecule has 0 amide bonds. The zero-order valence-electron chi connectivity index (χ0n) is 6.33. The molecule has 0 spiro atoms. The lowest BCUT2D eigenvalue weighted by Crippen LogP contribution is -2.13. The van der Waals surface area contributed by atoms with Gasteiger partial charge in [-0.1, -0.05) is 6.42 Å². The Bertz CT molecular complexity index is 255. The van der Waals surface area contributed by atoms with Crippen LogP contribution in [0.25, 0.3) is 0 Å². The van der Waals surface area contributed by atoms with Crippen molar-refractivity contribution in [3.8, 4) is 0 Å². The Labute approximate surface area is 65.7 Å². The molecule has 58 valence electrons. The number of nitrogens with zero attached hydrogens (tertiary/aromatic N) is 2. The number of nitrogens with two attached hydrogens (primary N) is 1. The highest BCUT2D eigenvalue weighted by molar-refractivity contribution is 5.36. The monoisotopic (exact) mass is 149 g/mol. The predicted molar refractivity (Wildman–Crippen MR) is 43.0 cm³/mol. The van der Waals surface area contributed by atoms with E-state index in [-0.39, 0.29) is 0 Å². The smallest absolute Gasteiger partial charge is 0.145 e. The van der Waals surface area contributed by atoms with Crippen LogP contribution in [0.15, 0.2) is 12.4 Å². The molecule has 1 aliphatic rings. The molecule has 0 aromatic carbocycles. The number of hydrogen-bond donors (Lipinski definition) is 1. The molecule has 0 unspecified atom stereocenters. The second-order valence-electron chi connectivity index (χ2n) is 2.95. The van der Waals surface area contributed by atoms with Crippen molar-refractivity contribution in [2.24, 2.45) is 0 Å². The molecule has 0 radical (unpaired) electrons. The Morgan fingerprint density at radius 1 is 1.27 bits per heavy atom. The van der Waals surface area contributed by atoms with Gasteiger partial charge in [0.15, 0.2) is 0 Å². The molecule has 1 aromatic rings. The van der Waals surface area contributed by atoms with E-state index in [0.29, 0.717) is 11.7 Å². The van der Waals surface area contributed by atoms with Gasteiger partial charge in [0.05, 0.1) is 5.69 Å². The largest absolute Gasteiger partial charge is 0.382 e. The summed E-state index contributed by atoms with van der Waals surface area (Å²) in [4.78, 5) is 8.21. The predicted octanol–water partition coefficient (Wildman–Crippen LogP) is 1.33. The van der Waals surface area contributed by atoms with Gasteiger partial charge in [-0.2, -0.15) is 0 Å². The molecule has 1 aliphatic carbocycles. The van der Waals surface area contributed by atoms with Gasteiger partial charge in [0, 0.05) is 18.3 Å². The number of rotatable bonds is 1. The summed E-state index contributed by atoms with van der Waals surface area (Å²) in [6, 6.07) is 0. The lowest BCUT2D eigenvalue weighted by molar-refractivity contribution is 0.411. The van der Waals surface area contributed by atoms with Crippen molar-refractivity contribution in [2.45, 2.75) is 25.2 Å². The summed E-state index contributed by atoms with van der Waals surface area (Å²) >= 11 is 0. The van der Waals surface area contributed by atoms with Crippen LogP contribution in [0, 0.1) is 0 Å². The molecular weight excluding hydrogens is 138 g/mol. The van der Waals surface area contributed by atoms with Crippen LogP contribution in [0.3, 0.4) is 0 Å². The molecule has 1 heterocycles. The van der Waals surface area contributed by atoms with Crippen LogP contribution < -0.4 is 5.73 Å². The zero-order chi connectivity index (χ0) is 7.68. The highest BCUT2D eigenvalue weighted by atomic mass is 14.9. The van der Waals surface area contributed by atoms with E-state index in [4.69, 9.17) is 5.73 Å². The first kappa shape index (κ1) is 6.58. The van der Waals surface area contributed by atoms with E-state index >= 15 is 0 Å². The fraction of sp³-hybridized carbons (Fsp3) is 0.500. The van der Waals surface area contributed by atoms with Crippen LogP contribution in [0.1, 0.15) is 30.9 Å². The normalized spacial score (nSPS) is 17.8. The Morgan fingerprint density at radius 3 is 2.55 bits per heavy atom. The minimum atomic E-state index is 0.587. The molecule has 2 N–H and O–H groups in total. The Morgan fingerprint density at radius 2 is 2.00 bits per heavy atom. The van der Waals surface area contributed by atoms with Gasteiger partial charge in [-0.05, 0) is 12.8 Å². The van der Waals surface area contributed by atoms with E-state index in [1.807, 2.05) is 0 Å². The lowest BCUT2D eigenvalue weighted by atomic mass is 9.83. The molecule has 11 heavy (non-hydrogen) atoms. The van der Waals surface area contributed by atoms with E-state index in [1.54, 1.807) is 12.4 Å². The maximum atomic E-state index is 5.66. The fourth-order valence-corrected chi connectivity index (χ4v) is 1.36. The molecule has 0 atom stereocenters. The van der Waals surface area contributed by atoms with Gasteiger partial charge < -0.3 is 5.73 Å². The molecule has 2 rings (SSSR count). The second kappa shape index (κ2) is 2.49. The summed E-state index contributed by atoms with van der Waals surface area (Å²) in [7, 11) is 0. The van der Waals surface area contributed by atoms with Gasteiger partial charge >= 0.3 is 0 Å². The van der Waals surface area contributed by atoms with Gasteiger partial charge in [0.2, 0.25) is 0 Å². The Balaban J connectivity index is 2.28. The average molecular weight is 149 g/mol. The number of aromatic nitrogens is 2. The van der Waals surface area contributed by atoms with E-state index in [0.717, 1.165) is 5.69 Å². The van der Waals surface area contributed by atoms with Crippen molar-refractivity contribution in [3.05, 3.63) is 18.1 Å². The SMILES string of the molecule is Nc1nccnc1C1CCC1. The van der Waals surface area contributed by atoms with Crippen LogP contribution in [0.4, 0.5) is 5.82 Å². The first-order chi connectivity index (χ1) is 5.38. The first-order valence-electron chi connectivity index (χ1n) is 3.94. The topological polar surface area (TPSA) is 51.8 Å². The van der Waals surface area contributed by atoms with Crippen molar-refractivity contribution >= 4 is 5.82 Å². The van der Waals surface area contributed by atoms with E-state index < -0.39 is 0 Å². The number of hydrogen-bond acceptors (Lipinski definition) is 3. The molecule has 3 heteroatoms. The lowest BCUT2D eigenvalue weighted by Gasteiger charge is -2.24. The minimum absolute atomic E-state index is 0.587. The average Bonchev–Trinajstić information content (AvgIpc) is 1.90. The summed E-state index contributed by atoms with van der Waals surface area (Å²) in [5.41, 5.74) is 6.66. The molecule has 1 aromatic heterocycles. The van der Waals surface area contributed by atoms with Gasteiger partial charge in [-0.15, -0.1) is 0 Å². The van der Waals surface area contributed by atoms with Crippen molar-refractivity contribution in [1.82, 2.24) is 9.97 Å². The Hall–Kier alpha value is -1.12. The summed E-state index contributed by atoms with van der Waals surface area (Å²) < 4.78 is 0. The standard InChI is InChI=1S/C8H11N3/c9-8-7(6-2-1-3-6)10-4-5-11-8/h4-6H,1-3H2,(H2,9,11). The van der Waals surface area contributed by atoms with Crippen LogP contribution in [0.2, 0.25) is 0 Å². The third-order valence-corrected chi connectivity index (χ3v) is 2.25. The highest BCUT2D eigenvalue weighted by Gasteiger charge is 2.22. The maximum absolute atomic E-state index is 5.66. The molecule has 1 fully saturated rings. The molecule has 3 nitrogen and oxygen atoms in total. The van der Waals surface area contributed by atoms with Crippen LogP contribution in [-0.4, -0.2) is 9.97 Å². The van der Waals surface area contributed by atoms with Crippen molar-refractivity contribution in [3.63, 3.8) is 0 Å². The summed E-state index contributed by atoms with van der Waals surface area (Å²) in [6.45, 7) is 0. The van der Waals surface area contributed by atoms with Crippen LogP contribution in [-0.2, 0) is 0 Å². The molecule has 0 aliphatic heterocycles. The van der Waals surface area contributed by atoms with Gasteiger partial charge in [-0.25, -0.2) is 4.98 Å². The van der Waals surface area contributed by atoms with Crippen molar-refractivity contribution in [1.29, 1.82) is 0 Å². The minimum Gasteiger partial charge on any atom is -0.382 e. The highest BCUT2D eigenvalue weighted by Crippen LogP contribution is 2.36. The first-order valence-corrected chi connectivity index (χ1v) is 3.94. The van der Waals surface area contributed by atoms with E-state index in [1.165, 1.54) is 19.3 Å². The summed E-state index contributed by atoms with van der Waals surface area (Å²) in [5, 5.41) is 0. The fourth-order valence-electron chi connectivity index (χ4n) is 1.36. The second-order valence-corrected chi connectivity index (χ2v) is 2.95. The number of nitrogen functional groups attached to an aromatic ring is 1. The molecule has 0 bridgehead atoms. The number of anilines is 1. The van der Waals surface area contributed by atoms with Crippen molar-refractivity contribution in [2.75, 3.05) is 5.73 Å². The maximum Gasteiger partial charge on any atom is 0.145 e. The zero-order valence-corrected chi connectivity index (χ0v) is 6.33. The summed E-state index contributed by atoms with van der Waals surface area (Å²) in [6.07, 6.45) is 7.11. The van der Waals surface area contributed by atoms with Gasteiger partial charge in [-0.3, -0.25) is 4.98 Å². The third kappa shape index (κ3) is 1.06. The quantitative estimate of drug-likeness (QED) is 0.655. The Kier molecular flexibility index (Phi) is 1.49. The molecular formula is C8H11N3. The van der Waals surface area contributed by atoms with Crippen LogP contribution >= 0.6 is 0 Å². The van der Waals surface area contributed by atoms with Crippen LogP contribution in [0.5, 0.6) is 0 Å². The summed E-state index contributed by atoms with van der Waals surface area (Å²) in [5.74, 6) is 1.20. The van der Waals surface area contributed by atoms with Gasteiger partial charge in [0.1, 0.15) is 5.82 Å².